The normalized spacial score (nSPS) is 15.6. The van der Waals surface area contributed by atoms with Crippen LogP contribution in [0.4, 0.5) is 0 Å². The molecule has 5 nitrogen and oxygen atoms in total. The molecule has 0 aromatic heterocycles. The van der Waals surface area contributed by atoms with Crippen LogP contribution in [-0.4, -0.2) is 49.6 Å². The topological polar surface area (TPSA) is 58.6 Å². The van der Waals surface area contributed by atoms with E-state index >= 15 is 0 Å². The molecule has 0 unspecified atom stereocenters. The van der Waals surface area contributed by atoms with Crippen LogP contribution in [0.15, 0.2) is 24.3 Å². The molecule has 0 radical (unpaired) electrons. The molecule has 0 bridgehead atoms. The molecule has 0 saturated carbocycles. The monoisotopic (exact) mass is 304 g/mol. The Morgan fingerprint density at radius 2 is 1.95 bits per heavy atom. The lowest BCUT2D eigenvalue weighted by molar-refractivity contribution is -0.122. The van der Waals surface area contributed by atoms with Gasteiger partial charge in [0.05, 0.1) is 6.61 Å². The van der Waals surface area contributed by atoms with Crippen LogP contribution in [0, 0.1) is 6.92 Å². The Labute approximate surface area is 131 Å². The highest BCUT2D eigenvalue weighted by Crippen LogP contribution is 2.16. The maximum atomic E-state index is 12.5. The Hall–Kier alpha value is -1.88. The summed E-state index contributed by atoms with van der Waals surface area (Å²) in [4.78, 5) is 26.1. The highest BCUT2D eigenvalue weighted by atomic mass is 16.5. The van der Waals surface area contributed by atoms with Crippen LogP contribution in [0.5, 0.6) is 0 Å². The summed E-state index contributed by atoms with van der Waals surface area (Å²) in [5, 5.41) is 3.01. The zero-order valence-corrected chi connectivity index (χ0v) is 13.3. The molecule has 1 aliphatic rings. The molecule has 1 saturated heterocycles. The minimum atomic E-state index is 0.0190. The number of likely N-dealkylation sites (tertiary alicyclic amines) is 1. The maximum Gasteiger partial charge on any atom is 0.254 e. The number of aryl methyl sites for hydroxylation is 1. The highest BCUT2D eigenvalue weighted by Gasteiger charge is 2.25. The highest BCUT2D eigenvalue weighted by molar-refractivity contribution is 5.95. The molecule has 0 atom stereocenters. The number of nitrogens with zero attached hydrogens (tertiary/aromatic N) is 1. The summed E-state index contributed by atoms with van der Waals surface area (Å²) in [7, 11) is 1.59. The Kier molecular flexibility index (Phi) is 5.95. The minimum Gasteiger partial charge on any atom is -0.384 e. The van der Waals surface area contributed by atoms with Crippen molar-refractivity contribution in [3.8, 4) is 0 Å². The zero-order valence-electron chi connectivity index (χ0n) is 13.3. The number of nitrogens with one attached hydrogen (secondary N) is 1. The lowest BCUT2D eigenvalue weighted by Crippen LogP contribution is -2.46. The third-order valence-electron chi connectivity index (χ3n) is 4.06. The molecule has 0 spiro atoms. The van der Waals surface area contributed by atoms with E-state index in [1.807, 2.05) is 36.1 Å². The van der Waals surface area contributed by atoms with Gasteiger partial charge in [-0.3, -0.25) is 9.59 Å². The van der Waals surface area contributed by atoms with Crippen LogP contribution < -0.4 is 5.32 Å². The fourth-order valence-corrected chi connectivity index (χ4v) is 2.70. The van der Waals surface area contributed by atoms with Gasteiger partial charge in [-0.1, -0.05) is 18.2 Å². The van der Waals surface area contributed by atoms with Gasteiger partial charge in [0.25, 0.3) is 5.91 Å². The summed E-state index contributed by atoms with van der Waals surface area (Å²) in [6, 6.07) is 7.81. The average molecular weight is 304 g/mol. The van der Waals surface area contributed by atoms with Gasteiger partial charge in [0.2, 0.25) is 5.91 Å². The van der Waals surface area contributed by atoms with E-state index < -0.39 is 0 Å². The summed E-state index contributed by atoms with van der Waals surface area (Å²) in [6.45, 7) is 3.76. The largest absolute Gasteiger partial charge is 0.384 e. The van der Waals surface area contributed by atoms with E-state index in [2.05, 4.69) is 5.32 Å². The van der Waals surface area contributed by atoms with Gasteiger partial charge in [0, 0.05) is 38.2 Å². The summed E-state index contributed by atoms with van der Waals surface area (Å²) < 4.78 is 4.90. The molecule has 1 aromatic rings. The number of carbonyl (C=O) groups excluding carboxylic acids is 2. The smallest absolute Gasteiger partial charge is 0.254 e. The molecule has 120 valence electrons. The number of benzene rings is 1. The van der Waals surface area contributed by atoms with E-state index in [0.717, 1.165) is 24.0 Å². The Morgan fingerprint density at radius 3 is 2.59 bits per heavy atom. The zero-order chi connectivity index (χ0) is 15.9. The van der Waals surface area contributed by atoms with Gasteiger partial charge in [0.1, 0.15) is 0 Å². The van der Waals surface area contributed by atoms with Crippen LogP contribution in [-0.2, 0) is 9.53 Å². The van der Waals surface area contributed by atoms with E-state index in [-0.39, 0.29) is 17.9 Å². The van der Waals surface area contributed by atoms with Crippen molar-refractivity contribution in [2.24, 2.45) is 0 Å². The molecule has 2 amide bonds. The summed E-state index contributed by atoms with van der Waals surface area (Å²) in [5.41, 5.74) is 1.77. The second-order valence-corrected chi connectivity index (χ2v) is 5.69. The molecule has 2 rings (SSSR count). The van der Waals surface area contributed by atoms with Crippen LogP contribution in [0.3, 0.4) is 0 Å². The van der Waals surface area contributed by atoms with Crippen molar-refractivity contribution in [3.63, 3.8) is 0 Å². The van der Waals surface area contributed by atoms with Crippen LogP contribution in [0.25, 0.3) is 0 Å². The van der Waals surface area contributed by atoms with Gasteiger partial charge in [-0.25, -0.2) is 0 Å². The molecule has 1 heterocycles. The van der Waals surface area contributed by atoms with Crippen molar-refractivity contribution < 1.29 is 14.3 Å². The molecule has 1 aliphatic heterocycles. The van der Waals surface area contributed by atoms with Crippen molar-refractivity contribution >= 4 is 11.8 Å². The second-order valence-electron chi connectivity index (χ2n) is 5.69. The number of hydrogen-bond donors (Lipinski definition) is 1. The molecular formula is C17H24N2O3. The molecular weight excluding hydrogens is 280 g/mol. The van der Waals surface area contributed by atoms with Gasteiger partial charge in [-0.2, -0.15) is 0 Å². The van der Waals surface area contributed by atoms with E-state index in [1.165, 1.54) is 0 Å². The van der Waals surface area contributed by atoms with E-state index in [1.54, 1.807) is 7.11 Å². The third-order valence-corrected chi connectivity index (χ3v) is 4.06. The summed E-state index contributed by atoms with van der Waals surface area (Å²) in [5.74, 6) is 0.104. The van der Waals surface area contributed by atoms with Crippen molar-refractivity contribution in [2.75, 3.05) is 26.8 Å². The first-order chi connectivity index (χ1) is 10.6. The van der Waals surface area contributed by atoms with Crippen molar-refractivity contribution in [1.29, 1.82) is 0 Å². The van der Waals surface area contributed by atoms with Gasteiger partial charge in [-0.15, -0.1) is 0 Å². The minimum absolute atomic E-state index is 0.0190. The number of rotatable bonds is 5. The summed E-state index contributed by atoms with van der Waals surface area (Å²) >= 11 is 0. The first-order valence-corrected chi connectivity index (χ1v) is 7.75. The molecule has 1 aromatic carbocycles. The van der Waals surface area contributed by atoms with E-state index in [0.29, 0.717) is 26.1 Å². The van der Waals surface area contributed by atoms with Crippen LogP contribution in [0.2, 0.25) is 0 Å². The van der Waals surface area contributed by atoms with Crippen LogP contribution in [0.1, 0.15) is 35.2 Å². The van der Waals surface area contributed by atoms with Gasteiger partial charge in [-0.05, 0) is 31.4 Å². The quantitative estimate of drug-likeness (QED) is 0.901. The first-order valence-electron chi connectivity index (χ1n) is 7.75. The number of piperidine rings is 1. The first kappa shape index (κ1) is 16.5. The predicted octanol–water partition coefficient (Wildman–Crippen LogP) is 1.75. The van der Waals surface area contributed by atoms with E-state index in [4.69, 9.17) is 4.74 Å². The van der Waals surface area contributed by atoms with Gasteiger partial charge >= 0.3 is 0 Å². The average Bonchev–Trinajstić information content (AvgIpc) is 2.53. The fraction of sp³-hybridized carbons (Fsp3) is 0.529. The SMILES string of the molecule is COCCC(=O)NC1CCN(C(=O)c2ccccc2C)CC1. The Balaban J connectivity index is 1.83. The molecule has 1 fully saturated rings. The Bertz CT molecular complexity index is 522. The number of ether oxygens (including phenoxy) is 1. The number of carbonyl (C=O) groups is 2. The van der Waals surface area contributed by atoms with Crippen molar-refractivity contribution in [2.45, 2.75) is 32.2 Å². The number of amides is 2. The lowest BCUT2D eigenvalue weighted by Gasteiger charge is -2.32. The third kappa shape index (κ3) is 4.31. The van der Waals surface area contributed by atoms with E-state index in [9.17, 15) is 9.59 Å². The fourth-order valence-electron chi connectivity index (χ4n) is 2.70. The molecule has 0 aliphatic carbocycles. The molecule has 5 heteroatoms. The second kappa shape index (κ2) is 7.94. The number of methoxy groups -OCH3 is 1. The van der Waals surface area contributed by atoms with Gasteiger partial charge in [0.15, 0.2) is 0 Å². The lowest BCUT2D eigenvalue weighted by atomic mass is 10.0. The van der Waals surface area contributed by atoms with Crippen molar-refractivity contribution in [1.82, 2.24) is 10.2 Å². The molecule has 22 heavy (non-hydrogen) atoms. The van der Waals surface area contributed by atoms with Crippen LogP contribution >= 0.6 is 0 Å². The van der Waals surface area contributed by atoms with Gasteiger partial charge < -0.3 is 15.0 Å². The predicted molar refractivity (Wildman–Crippen MR) is 84.7 cm³/mol. The number of hydrogen-bond acceptors (Lipinski definition) is 3. The maximum absolute atomic E-state index is 12.5. The standard InChI is InChI=1S/C17H24N2O3/c1-13-5-3-4-6-15(13)17(21)19-10-7-14(8-11-19)18-16(20)9-12-22-2/h3-6,14H,7-12H2,1-2H3,(H,18,20). The summed E-state index contributed by atoms with van der Waals surface area (Å²) in [6.07, 6.45) is 1.99. The Morgan fingerprint density at radius 1 is 1.27 bits per heavy atom. The molecule has 1 N–H and O–H groups in total. The van der Waals surface area contributed by atoms with Crippen molar-refractivity contribution in [3.05, 3.63) is 35.4 Å².